The zero-order valence-electron chi connectivity index (χ0n) is 16.8. The van der Waals surface area contributed by atoms with Crippen LogP contribution in [0.4, 0.5) is 0 Å². The van der Waals surface area contributed by atoms with Gasteiger partial charge in [-0.2, -0.15) is 0 Å². The van der Waals surface area contributed by atoms with E-state index in [0.29, 0.717) is 23.8 Å². The number of aromatic nitrogens is 2. The Morgan fingerprint density at radius 1 is 1.30 bits per heavy atom. The Hall–Kier alpha value is -2.45. The fourth-order valence-corrected chi connectivity index (χ4v) is 4.41. The van der Waals surface area contributed by atoms with Crippen molar-refractivity contribution in [3.8, 4) is 17.2 Å². The van der Waals surface area contributed by atoms with Crippen LogP contribution in [0, 0.1) is 0 Å². The van der Waals surface area contributed by atoms with Gasteiger partial charge in [-0.25, -0.2) is 9.97 Å². The Morgan fingerprint density at radius 3 is 2.93 bits per heavy atom. The summed E-state index contributed by atoms with van der Waals surface area (Å²) in [6.07, 6.45) is 4.72. The molecule has 1 unspecified atom stereocenters. The molecule has 158 valence electrons. The van der Waals surface area contributed by atoms with Crippen molar-refractivity contribution in [2.45, 2.75) is 31.8 Å². The lowest BCUT2D eigenvalue weighted by atomic mass is 10.1. The van der Waals surface area contributed by atoms with Gasteiger partial charge in [0.25, 0.3) is 0 Å². The molecule has 2 aromatic heterocycles. The Labute approximate surface area is 183 Å². The molecule has 0 saturated carbocycles. The summed E-state index contributed by atoms with van der Waals surface area (Å²) >= 11 is 3.66. The number of methoxy groups -OCH3 is 1. The second-order valence-corrected chi connectivity index (χ2v) is 8.13. The van der Waals surface area contributed by atoms with Crippen LogP contribution >= 0.6 is 15.9 Å². The molecule has 1 aromatic carbocycles. The minimum atomic E-state index is -0.165. The second-order valence-electron chi connectivity index (χ2n) is 7.33. The molecule has 0 N–H and O–H groups in total. The summed E-state index contributed by atoms with van der Waals surface area (Å²) < 4.78 is 17.8. The second kappa shape index (κ2) is 9.57. The first-order valence-electron chi connectivity index (χ1n) is 10.1. The average Bonchev–Trinajstić information content (AvgIpc) is 3.12. The van der Waals surface area contributed by atoms with Gasteiger partial charge in [-0.3, -0.25) is 9.69 Å². The predicted molar refractivity (Wildman–Crippen MR) is 116 cm³/mol. The molecule has 1 aliphatic rings. The number of esters is 1. The smallest absolute Gasteiger partial charge is 0.305 e. The molecule has 1 fully saturated rings. The third-order valence-electron chi connectivity index (χ3n) is 5.25. The number of carbonyl (C=O) groups is 1. The highest BCUT2D eigenvalue weighted by Crippen LogP contribution is 2.40. The zero-order valence-corrected chi connectivity index (χ0v) is 18.4. The number of nitrogens with zero attached hydrogens (tertiary/aromatic N) is 3. The Bertz CT molecular complexity index is 1010. The van der Waals surface area contributed by atoms with Crippen molar-refractivity contribution in [3.05, 3.63) is 41.1 Å². The SMILES string of the molecule is COC(=O)CCCN1CCCC(Oc2ncnc3oc(-c4ccccc4)c(Br)c23)C1. The molecule has 4 rings (SSSR count). The van der Waals surface area contributed by atoms with E-state index in [4.69, 9.17) is 13.9 Å². The van der Waals surface area contributed by atoms with Crippen LogP contribution < -0.4 is 4.74 Å². The summed E-state index contributed by atoms with van der Waals surface area (Å²) in [4.78, 5) is 22.3. The molecule has 1 aliphatic heterocycles. The molecule has 3 aromatic rings. The number of fused-ring (bicyclic) bond motifs is 1. The van der Waals surface area contributed by atoms with Crippen LogP contribution in [-0.4, -0.2) is 53.7 Å². The van der Waals surface area contributed by atoms with Crippen molar-refractivity contribution in [3.63, 3.8) is 0 Å². The van der Waals surface area contributed by atoms with E-state index in [1.54, 1.807) is 0 Å². The number of ether oxygens (including phenoxy) is 2. The molecule has 0 bridgehead atoms. The maximum absolute atomic E-state index is 11.3. The van der Waals surface area contributed by atoms with Gasteiger partial charge >= 0.3 is 5.97 Å². The molecule has 0 amide bonds. The van der Waals surface area contributed by atoms with E-state index in [-0.39, 0.29) is 12.1 Å². The van der Waals surface area contributed by atoms with Gasteiger partial charge in [0.05, 0.1) is 11.6 Å². The lowest BCUT2D eigenvalue weighted by molar-refractivity contribution is -0.140. The van der Waals surface area contributed by atoms with Gasteiger partial charge in [0, 0.05) is 18.5 Å². The topological polar surface area (TPSA) is 77.7 Å². The van der Waals surface area contributed by atoms with E-state index in [1.165, 1.54) is 13.4 Å². The van der Waals surface area contributed by atoms with E-state index in [2.05, 4.69) is 30.8 Å². The molecular weight excluding hydrogens is 450 g/mol. The number of piperidine rings is 1. The van der Waals surface area contributed by atoms with Crippen LogP contribution in [0.2, 0.25) is 0 Å². The molecule has 1 atom stereocenters. The van der Waals surface area contributed by atoms with Gasteiger partial charge in [-0.15, -0.1) is 0 Å². The fourth-order valence-electron chi connectivity index (χ4n) is 3.76. The monoisotopic (exact) mass is 473 g/mol. The quantitative estimate of drug-likeness (QED) is 0.469. The van der Waals surface area contributed by atoms with Crippen LogP contribution in [0.25, 0.3) is 22.4 Å². The predicted octanol–water partition coefficient (Wildman–Crippen LogP) is 4.45. The van der Waals surface area contributed by atoms with Gasteiger partial charge < -0.3 is 13.9 Å². The number of carbonyl (C=O) groups excluding carboxylic acids is 1. The number of hydrogen-bond acceptors (Lipinski definition) is 7. The van der Waals surface area contributed by atoms with Crippen LogP contribution in [-0.2, 0) is 9.53 Å². The summed E-state index contributed by atoms with van der Waals surface area (Å²) in [5, 5.41) is 0.749. The number of furan rings is 1. The van der Waals surface area contributed by atoms with Gasteiger partial charge in [-0.05, 0) is 48.3 Å². The number of hydrogen-bond donors (Lipinski definition) is 0. The maximum Gasteiger partial charge on any atom is 0.305 e. The summed E-state index contributed by atoms with van der Waals surface area (Å²) in [6.45, 7) is 2.66. The van der Waals surface area contributed by atoms with Crippen LogP contribution in [0.5, 0.6) is 5.88 Å². The minimum absolute atomic E-state index is 0.0250. The van der Waals surface area contributed by atoms with Crippen molar-refractivity contribution in [2.75, 3.05) is 26.7 Å². The van der Waals surface area contributed by atoms with Gasteiger partial charge in [0.1, 0.15) is 17.8 Å². The molecule has 7 nitrogen and oxygen atoms in total. The Morgan fingerprint density at radius 2 is 2.13 bits per heavy atom. The first kappa shape index (κ1) is 20.8. The van der Waals surface area contributed by atoms with E-state index in [0.717, 1.165) is 54.3 Å². The van der Waals surface area contributed by atoms with Crippen molar-refractivity contribution in [2.24, 2.45) is 0 Å². The first-order valence-corrected chi connectivity index (χ1v) is 10.9. The number of rotatable bonds is 7. The fraction of sp³-hybridized carbons (Fsp3) is 0.409. The van der Waals surface area contributed by atoms with Crippen LogP contribution in [0.15, 0.2) is 45.5 Å². The van der Waals surface area contributed by atoms with E-state index in [9.17, 15) is 4.79 Å². The molecule has 3 heterocycles. The van der Waals surface area contributed by atoms with Crippen LogP contribution in [0.3, 0.4) is 0 Å². The summed E-state index contributed by atoms with van der Waals surface area (Å²) in [7, 11) is 1.42. The van der Waals surface area contributed by atoms with Gasteiger partial charge in [-0.1, -0.05) is 30.3 Å². The molecule has 1 saturated heterocycles. The lowest BCUT2D eigenvalue weighted by Crippen LogP contribution is -2.41. The molecule has 30 heavy (non-hydrogen) atoms. The third kappa shape index (κ3) is 4.65. The number of benzene rings is 1. The molecule has 0 spiro atoms. The first-order chi connectivity index (χ1) is 14.7. The highest BCUT2D eigenvalue weighted by atomic mass is 79.9. The average molecular weight is 474 g/mol. The Kier molecular flexibility index (Phi) is 6.64. The molecule has 0 radical (unpaired) electrons. The van der Waals surface area contributed by atoms with Gasteiger partial charge in [0.15, 0.2) is 5.76 Å². The number of halogens is 1. The maximum atomic E-state index is 11.3. The zero-order chi connectivity index (χ0) is 20.9. The summed E-state index contributed by atoms with van der Waals surface area (Å²) in [6, 6.07) is 9.88. The van der Waals surface area contributed by atoms with E-state index >= 15 is 0 Å². The summed E-state index contributed by atoms with van der Waals surface area (Å²) in [5.41, 5.74) is 1.46. The minimum Gasteiger partial charge on any atom is -0.472 e. The van der Waals surface area contributed by atoms with E-state index < -0.39 is 0 Å². The number of likely N-dealkylation sites (tertiary alicyclic amines) is 1. The molecular formula is C22H24BrN3O4. The summed E-state index contributed by atoms with van der Waals surface area (Å²) in [5.74, 6) is 1.07. The van der Waals surface area contributed by atoms with Crippen LogP contribution in [0.1, 0.15) is 25.7 Å². The highest BCUT2D eigenvalue weighted by Gasteiger charge is 2.25. The molecule has 8 heteroatoms. The van der Waals surface area contributed by atoms with Crippen molar-refractivity contribution in [1.82, 2.24) is 14.9 Å². The van der Waals surface area contributed by atoms with Crippen molar-refractivity contribution < 1.29 is 18.7 Å². The standard InChI is InChI=1S/C22H24BrN3O4/c1-28-17(27)10-6-12-26-11-5-9-16(13-26)29-21-18-19(23)20(15-7-3-2-4-8-15)30-22(18)25-14-24-21/h2-4,7-8,14,16H,5-6,9-13H2,1H3. The van der Waals surface area contributed by atoms with Crippen molar-refractivity contribution >= 4 is 33.0 Å². The third-order valence-corrected chi connectivity index (χ3v) is 6.01. The van der Waals surface area contributed by atoms with Crippen molar-refractivity contribution in [1.29, 1.82) is 0 Å². The normalized spacial score (nSPS) is 17.2. The highest BCUT2D eigenvalue weighted by molar-refractivity contribution is 9.10. The Balaban J connectivity index is 1.48. The largest absolute Gasteiger partial charge is 0.472 e. The van der Waals surface area contributed by atoms with Gasteiger partial charge in [0.2, 0.25) is 11.6 Å². The van der Waals surface area contributed by atoms with E-state index in [1.807, 2.05) is 30.3 Å². The molecule has 0 aliphatic carbocycles. The lowest BCUT2D eigenvalue weighted by Gasteiger charge is -2.32.